The van der Waals surface area contributed by atoms with E-state index in [1.807, 2.05) is 0 Å². The minimum Gasteiger partial charge on any atom is -0.475 e. The Bertz CT molecular complexity index is 535. The van der Waals surface area contributed by atoms with Gasteiger partial charge in [0.1, 0.15) is 12.2 Å². The van der Waals surface area contributed by atoms with Gasteiger partial charge in [-0.2, -0.15) is 0 Å². The van der Waals surface area contributed by atoms with Crippen LogP contribution in [0.25, 0.3) is 0 Å². The maximum absolute atomic E-state index is 12.9. The number of anilines is 1. The molecule has 0 aromatic carbocycles. The number of nitrogens with one attached hydrogen (secondary N) is 1. The van der Waals surface area contributed by atoms with Gasteiger partial charge in [-0.1, -0.05) is 20.3 Å². The molecule has 1 aliphatic rings. The van der Waals surface area contributed by atoms with Crippen LogP contribution < -0.4 is 10.1 Å². The molecule has 6 heteroatoms. The zero-order valence-electron chi connectivity index (χ0n) is 15.5. The molecule has 0 saturated heterocycles. The van der Waals surface area contributed by atoms with E-state index in [0.717, 1.165) is 32.1 Å². The standard InChI is InChI=1S/C19H30N2O4/c1-4-10-25-19(9-5-6-15(2)13-19)18(22)21-16-7-8-17(20-14-16)24-12-11-23-3/h7-8,14-15H,4-6,9-13H2,1-3H3,(H,21,22)/t15-,19+/m0/s1. The van der Waals surface area contributed by atoms with Crippen molar-refractivity contribution in [1.29, 1.82) is 0 Å². The van der Waals surface area contributed by atoms with Gasteiger partial charge in [0.15, 0.2) is 0 Å². The lowest BCUT2D eigenvalue weighted by Gasteiger charge is -2.38. The molecule has 1 fully saturated rings. The second-order valence-corrected chi connectivity index (χ2v) is 6.72. The Kier molecular flexibility index (Phi) is 7.65. The van der Waals surface area contributed by atoms with E-state index in [1.54, 1.807) is 25.4 Å². The number of ether oxygens (including phenoxy) is 3. The van der Waals surface area contributed by atoms with Gasteiger partial charge in [0.25, 0.3) is 5.91 Å². The summed E-state index contributed by atoms with van der Waals surface area (Å²) in [5.41, 5.74) is -0.0665. The van der Waals surface area contributed by atoms with Crippen LogP contribution in [0.3, 0.4) is 0 Å². The highest BCUT2D eigenvalue weighted by Gasteiger charge is 2.42. The van der Waals surface area contributed by atoms with Gasteiger partial charge >= 0.3 is 0 Å². The molecule has 0 spiro atoms. The van der Waals surface area contributed by atoms with E-state index in [-0.39, 0.29) is 5.91 Å². The Morgan fingerprint density at radius 2 is 2.20 bits per heavy atom. The van der Waals surface area contributed by atoms with E-state index in [0.29, 0.717) is 37.3 Å². The van der Waals surface area contributed by atoms with Crippen molar-refractivity contribution in [3.63, 3.8) is 0 Å². The van der Waals surface area contributed by atoms with E-state index in [9.17, 15) is 4.79 Å². The van der Waals surface area contributed by atoms with Crippen molar-refractivity contribution in [3.8, 4) is 5.88 Å². The number of nitrogens with zero attached hydrogens (tertiary/aromatic N) is 1. The van der Waals surface area contributed by atoms with Crippen LogP contribution in [0.2, 0.25) is 0 Å². The molecule has 0 bridgehead atoms. The summed E-state index contributed by atoms with van der Waals surface area (Å²) in [5, 5.41) is 2.97. The first kappa shape index (κ1) is 19.7. The molecule has 6 nitrogen and oxygen atoms in total. The quantitative estimate of drug-likeness (QED) is 0.691. The molecule has 0 unspecified atom stereocenters. The second-order valence-electron chi connectivity index (χ2n) is 6.72. The third-order valence-corrected chi connectivity index (χ3v) is 4.48. The largest absolute Gasteiger partial charge is 0.475 e. The first-order valence-corrected chi connectivity index (χ1v) is 9.13. The summed E-state index contributed by atoms with van der Waals surface area (Å²) < 4.78 is 16.4. The van der Waals surface area contributed by atoms with Crippen LogP contribution in [0.1, 0.15) is 46.0 Å². The average molecular weight is 350 g/mol. The number of carbonyl (C=O) groups excluding carboxylic acids is 1. The first-order valence-electron chi connectivity index (χ1n) is 9.13. The molecule has 140 valence electrons. The van der Waals surface area contributed by atoms with E-state index in [1.165, 1.54) is 0 Å². The van der Waals surface area contributed by atoms with Crippen LogP contribution >= 0.6 is 0 Å². The van der Waals surface area contributed by atoms with Crippen molar-refractivity contribution in [2.75, 3.05) is 32.2 Å². The Morgan fingerprint density at radius 3 is 2.84 bits per heavy atom. The molecule has 1 aromatic rings. The van der Waals surface area contributed by atoms with Gasteiger partial charge in [-0.15, -0.1) is 0 Å². The Morgan fingerprint density at radius 1 is 1.36 bits per heavy atom. The number of hydrogen-bond acceptors (Lipinski definition) is 5. The number of methoxy groups -OCH3 is 1. The molecule has 1 N–H and O–H groups in total. The zero-order valence-corrected chi connectivity index (χ0v) is 15.5. The minimum absolute atomic E-state index is 0.0673. The van der Waals surface area contributed by atoms with Gasteiger partial charge < -0.3 is 19.5 Å². The van der Waals surface area contributed by atoms with Gasteiger partial charge in [-0.05, 0) is 37.7 Å². The normalized spacial score (nSPS) is 23.2. The summed E-state index contributed by atoms with van der Waals surface area (Å²) in [6.07, 6.45) is 6.22. The summed E-state index contributed by atoms with van der Waals surface area (Å²) in [4.78, 5) is 17.1. The fourth-order valence-corrected chi connectivity index (χ4v) is 3.22. The SMILES string of the molecule is CCCO[C@]1(C(=O)Nc2ccc(OCCOC)nc2)CCC[C@H](C)C1. The van der Waals surface area contributed by atoms with E-state index >= 15 is 0 Å². The Hall–Kier alpha value is -1.66. The number of hydrogen-bond donors (Lipinski definition) is 1. The smallest absolute Gasteiger partial charge is 0.256 e. The van der Waals surface area contributed by atoms with Crippen molar-refractivity contribution in [1.82, 2.24) is 4.98 Å². The highest BCUT2D eigenvalue weighted by atomic mass is 16.5. The average Bonchev–Trinajstić information content (AvgIpc) is 2.61. The fourth-order valence-electron chi connectivity index (χ4n) is 3.22. The maximum Gasteiger partial charge on any atom is 0.256 e. The number of carbonyl (C=O) groups is 1. The topological polar surface area (TPSA) is 69.7 Å². The minimum atomic E-state index is -0.721. The van der Waals surface area contributed by atoms with Crippen molar-refractivity contribution in [2.45, 2.75) is 51.6 Å². The van der Waals surface area contributed by atoms with Gasteiger partial charge in [0, 0.05) is 19.8 Å². The Labute approximate surface area is 150 Å². The zero-order chi connectivity index (χ0) is 18.1. The molecule has 1 aliphatic carbocycles. The van der Waals surface area contributed by atoms with Crippen LogP contribution in [0.5, 0.6) is 5.88 Å². The molecule has 1 amide bonds. The highest BCUT2D eigenvalue weighted by molar-refractivity contribution is 5.97. The fraction of sp³-hybridized carbons (Fsp3) is 0.684. The van der Waals surface area contributed by atoms with E-state index in [2.05, 4.69) is 24.1 Å². The van der Waals surface area contributed by atoms with Crippen molar-refractivity contribution in [2.24, 2.45) is 5.92 Å². The first-order chi connectivity index (χ1) is 12.1. The Balaban J connectivity index is 1.99. The second kappa shape index (κ2) is 9.73. The van der Waals surface area contributed by atoms with Crippen LogP contribution in [0.15, 0.2) is 18.3 Å². The molecule has 1 heterocycles. The van der Waals surface area contributed by atoms with Crippen molar-refractivity contribution < 1.29 is 19.0 Å². The van der Waals surface area contributed by atoms with Gasteiger partial charge in [-0.3, -0.25) is 4.79 Å². The summed E-state index contributed by atoms with van der Waals surface area (Å²) in [5.74, 6) is 0.937. The lowest BCUT2D eigenvalue weighted by molar-refractivity contribution is -0.148. The number of rotatable bonds is 9. The van der Waals surface area contributed by atoms with Crippen molar-refractivity contribution >= 4 is 11.6 Å². The van der Waals surface area contributed by atoms with Crippen LogP contribution in [-0.4, -0.2) is 43.4 Å². The summed E-state index contributed by atoms with van der Waals surface area (Å²) in [7, 11) is 1.62. The van der Waals surface area contributed by atoms with Crippen LogP contribution in [-0.2, 0) is 14.3 Å². The molecule has 0 aliphatic heterocycles. The lowest BCUT2D eigenvalue weighted by atomic mass is 9.78. The van der Waals surface area contributed by atoms with Gasteiger partial charge in [0.05, 0.1) is 18.5 Å². The summed E-state index contributed by atoms with van der Waals surface area (Å²) in [6.45, 7) is 5.80. The number of aromatic nitrogens is 1. The van der Waals surface area contributed by atoms with Gasteiger partial charge in [0.2, 0.25) is 5.88 Å². The summed E-state index contributed by atoms with van der Waals surface area (Å²) >= 11 is 0. The monoisotopic (exact) mass is 350 g/mol. The predicted octanol–water partition coefficient (Wildman–Crippen LogP) is 3.42. The molecule has 25 heavy (non-hydrogen) atoms. The maximum atomic E-state index is 12.9. The third kappa shape index (κ3) is 5.68. The molecule has 0 radical (unpaired) electrons. The molecular weight excluding hydrogens is 320 g/mol. The third-order valence-electron chi connectivity index (χ3n) is 4.48. The molecule has 2 atom stereocenters. The highest BCUT2D eigenvalue weighted by Crippen LogP contribution is 2.36. The number of amides is 1. The summed E-state index contributed by atoms with van der Waals surface area (Å²) in [6, 6.07) is 3.54. The molecular formula is C19H30N2O4. The molecule has 2 rings (SSSR count). The van der Waals surface area contributed by atoms with Gasteiger partial charge in [-0.25, -0.2) is 4.98 Å². The predicted molar refractivity (Wildman–Crippen MR) is 96.8 cm³/mol. The van der Waals surface area contributed by atoms with E-state index in [4.69, 9.17) is 14.2 Å². The van der Waals surface area contributed by atoms with E-state index < -0.39 is 5.60 Å². The van der Waals surface area contributed by atoms with Crippen LogP contribution in [0, 0.1) is 5.92 Å². The molecule has 1 saturated carbocycles. The lowest BCUT2D eigenvalue weighted by Crippen LogP contribution is -2.48. The van der Waals surface area contributed by atoms with Crippen LogP contribution in [0.4, 0.5) is 5.69 Å². The number of pyridine rings is 1. The van der Waals surface area contributed by atoms with Crippen molar-refractivity contribution in [3.05, 3.63) is 18.3 Å². The molecule has 1 aromatic heterocycles.